The zero-order chi connectivity index (χ0) is 44.5. The lowest BCUT2D eigenvalue weighted by atomic mass is 9.88. The molecule has 0 amide bonds. The first-order valence-electron chi connectivity index (χ1n) is 22.3. The summed E-state index contributed by atoms with van der Waals surface area (Å²) < 4.78 is 44.6. The fourth-order valence-corrected chi connectivity index (χ4v) is 9.33. The SMILES string of the molecule is C[C@](CCCOC(=O)c1ccccc1)(OC(=O)c1ccccc1)[C@H]1CC[C@@](C)([C@@H]2CC[C@@H]([C@]3(C)CC[C@@H]([C@](C)(CCCOC(=O)c4ccccc4)OC(=O)c4ccccc4)O3)O2)O1. The second-order valence-electron chi connectivity index (χ2n) is 18.0. The summed E-state index contributed by atoms with van der Waals surface area (Å²) in [4.78, 5) is 52.3. The first-order valence-corrected chi connectivity index (χ1v) is 22.3. The third-order valence-electron chi connectivity index (χ3n) is 13.2. The van der Waals surface area contributed by atoms with Gasteiger partial charge in [-0.1, -0.05) is 72.8 Å². The number of esters is 4. The molecule has 0 aliphatic carbocycles. The van der Waals surface area contributed by atoms with Gasteiger partial charge in [-0.3, -0.25) is 0 Å². The smallest absolute Gasteiger partial charge is 0.338 e. The largest absolute Gasteiger partial charge is 0.462 e. The third kappa shape index (κ3) is 11.1. The van der Waals surface area contributed by atoms with Crippen LogP contribution in [0.2, 0.25) is 0 Å². The Labute approximate surface area is 370 Å². The van der Waals surface area contributed by atoms with Crippen molar-refractivity contribution in [1.82, 2.24) is 0 Å². The average molecular weight is 861 g/mol. The van der Waals surface area contributed by atoms with Crippen LogP contribution < -0.4 is 0 Å². The van der Waals surface area contributed by atoms with Gasteiger partial charge >= 0.3 is 23.9 Å². The predicted octanol–water partition coefficient (Wildman–Crippen LogP) is 9.92. The van der Waals surface area contributed by atoms with Crippen LogP contribution in [0.1, 0.15) is 133 Å². The van der Waals surface area contributed by atoms with E-state index in [0.29, 0.717) is 73.6 Å². The molecule has 0 saturated carbocycles. The molecule has 0 bridgehead atoms. The summed E-state index contributed by atoms with van der Waals surface area (Å²) in [5, 5.41) is 0. The third-order valence-corrected chi connectivity index (χ3v) is 13.2. The standard InChI is InChI=1S/C52H60O11/c1-49(62-47(55)39-23-13-7-14-24-39,31-17-35-57-45(53)37-19-9-5-10-20-37)43-29-33-51(3,60-43)41-27-28-42(59-41)52(4)34-30-44(61-52)50(2,63-48(56)40-25-15-8-16-26-40)32-18-36-58-46(54)38-21-11-6-12-22-38/h5-16,19-26,41-44H,17-18,27-36H2,1-4H3/t41-,42-,43-,44+,49-,50+,51-,52-/m0/s1. The molecule has 3 aliphatic rings. The number of ether oxygens (including phenoxy) is 7. The lowest BCUT2D eigenvalue weighted by Gasteiger charge is -2.39. The molecule has 8 atom stereocenters. The minimum absolute atomic E-state index is 0.162. The molecule has 0 N–H and O–H groups in total. The van der Waals surface area contributed by atoms with Gasteiger partial charge in [-0.2, -0.15) is 0 Å². The van der Waals surface area contributed by atoms with Gasteiger partial charge < -0.3 is 33.2 Å². The molecule has 0 spiro atoms. The molecule has 4 aromatic rings. The summed E-state index contributed by atoms with van der Waals surface area (Å²) in [5.41, 5.74) is -1.51. The summed E-state index contributed by atoms with van der Waals surface area (Å²) in [5.74, 6) is -1.68. The van der Waals surface area contributed by atoms with Gasteiger partial charge in [0.05, 0.1) is 71.1 Å². The average Bonchev–Trinajstić information content (AvgIpc) is 4.09. The van der Waals surface area contributed by atoms with E-state index in [0.717, 1.165) is 12.8 Å². The van der Waals surface area contributed by atoms with Crippen LogP contribution in [0.25, 0.3) is 0 Å². The number of benzene rings is 4. The molecule has 7 rings (SSSR count). The van der Waals surface area contributed by atoms with Crippen molar-refractivity contribution in [3.63, 3.8) is 0 Å². The highest BCUT2D eigenvalue weighted by molar-refractivity contribution is 5.91. The van der Waals surface area contributed by atoms with Crippen molar-refractivity contribution in [1.29, 1.82) is 0 Å². The minimum Gasteiger partial charge on any atom is -0.462 e. The highest BCUT2D eigenvalue weighted by atomic mass is 16.6. The first kappa shape index (κ1) is 45.7. The maximum absolute atomic E-state index is 13.5. The summed E-state index contributed by atoms with van der Waals surface area (Å²) in [6, 6.07) is 35.5. The number of carbonyl (C=O) groups excluding carboxylic acids is 4. The summed E-state index contributed by atoms with van der Waals surface area (Å²) >= 11 is 0. The number of hydrogen-bond donors (Lipinski definition) is 0. The summed E-state index contributed by atoms with van der Waals surface area (Å²) in [6.07, 6.45) is 4.59. The summed E-state index contributed by atoms with van der Waals surface area (Å²) in [6.45, 7) is 8.29. The van der Waals surface area contributed by atoms with Crippen LogP contribution in [0.15, 0.2) is 121 Å². The molecular weight excluding hydrogens is 801 g/mol. The predicted molar refractivity (Wildman–Crippen MR) is 235 cm³/mol. The van der Waals surface area contributed by atoms with E-state index < -0.39 is 58.5 Å². The Kier molecular flexibility index (Phi) is 14.5. The Hall–Kier alpha value is -5.36. The van der Waals surface area contributed by atoms with Gasteiger partial charge in [0.25, 0.3) is 0 Å². The van der Waals surface area contributed by atoms with Crippen molar-refractivity contribution in [2.75, 3.05) is 13.2 Å². The minimum atomic E-state index is -1.02. The van der Waals surface area contributed by atoms with Gasteiger partial charge in [-0.05, 0) is 140 Å². The molecule has 11 heteroatoms. The Bertz CT molecular complexity index is 2000. The van der Waals surface area contributed by atoms with Crippen molar-refractivity contribution in [2.45, 2.75) is 139 Å². The highest BCUT2D eigenvalue weighted by Gasteiger charge is 2.57. The molecule has 63 heavy (non-hydrogen) atoms. The first-order chi connectivity index (χ1) is 30.3. The summed E-state index contributed by atoms with van der Waals surface area (Å²) in [7, 11) is 0. The molecule has 0 aromatic heterocycles. The van der Waals surface area contributed by atoms with E-state index in [1.165, 1.54) is 0 Å². The quantitative estimate of drug-likeness (QED) is 0.0538. The molecule has 334 valence electrons. The maximum Gasteiger partial charge on any atom is 0.338 e. The van der Waals surface area contributed by atoms with Gasteiger partial charge in [0.1, 0.15) is 11.2 Å². The molecular formula is C52H60O11. The molecule has 3 fully saturated rings. The van der Waals surface area contributed by atoms with E-state index >= 15 is 0 Å². The Morgan fingerprint density at radius 2 is 0.825 bits per heavy atom. The molecule has 4 aromatic carbocycles. The Balaban J connectivity index is 0.987. The lowest BCUT2D eigenvalue weighted by molar-refractivity contribution is -0.200. The fourth-order valence-electron chi connectivity index (χ4n) is 9.33. The normalized spacial score (nSPS) is 26.2. The van der Waals surface area contributed by atoms with Crippen molar-refractivity contribution in [3.05, 3.63) is 144 Å². The van der Waals surface area contributed by atoms with Crippen LogP contribution in [-0.2, 0) is 33.2 Å². The van der Waals surface area contributed by atoms with Crippen LogP contribution in [0.5, 0.6) is 0 Å². The maximum atomic E-state index is 13.5. The van der Waals surface area contributed by atoms with Crippen molar-refractivity contribution in [3.8, 4) is 0 Å². The van der Waals surface area contributed by atoms with Crippen molar-refractivity contribution in [2.24, 2.45) is 0 Å². The van der Waals surface area contributed by atoms with Crippen molar-refractivity contribution < 1.29 is 52.3 Å². The second-order valence-corrected chi connectivity index (χ2v) is 18.0. The van der Waals surface area contributed by atoms with Crippen LogP contribution in [-0.4, -0.2) is 83.9 Å². The van der Waals surface area contributed by atoms with Crippen LogP contribution >= 0.6 is 0 Å². The van der Waals surface area contributed by atoms with E-state index in [1.54, 1.807) is 97.1 Å². The zero-order valence-corrected chi connectivity index (χ0v) is 36.8. The van der Waals surface area contributed by atoms with Crippen molar-refractivity contribution >= 4 is 23.9 Å². The van der Waals surface area contributed by atoms with Crippen LogP contribution in [0.3, 0.4) is 0 Å². The number of rotatable bonds is 18. The van der Waals surface area contributed by atoms with Gasteiger partial charge in [0.15, 0.2) is 0 Å². The van der Waals surface area contributed by atoms with Gasteiger partial charge in [-0.15, -0.1) is 0 Å². The van der Waals surface area contributed by atoms with Crippen LogP contribution in [0.4, 0.5) is 0 Å². The topological polar surface area (TPSA) is 133 Å². The molecule has 3 aliphatic heterocycles. The molecule has 0 unspecified atom stereocenters. The van der Waals surface area contributed by atoms with E-state index in [1.807, 2.05) is 38.1 Å². The fraction of sp³-hybridized carbons (Fsp3) is 0.462. The van der Waals surface area contributed by atoms with E-state index in [4.69, 9.17) is 33.2 Å². The molecule has 3 heterocycles. The van der Waals surface area contributed by atoms with E-state index in [-0.39, 0.29) is 25.4 Å². The molecule has 0 radical (unpaired) electrons. The molecule has 11 nitrogen and oxygen atoms in total. The second kappa shape index (κ2) is 20.0. The Morgan fingerprint density at radius 3 is 1.16 bits per heavy atom. The number of hydrogen-bond acceptors (Lipinski definition) is 11. The Morgan fingerprint density at radius 1 is 0.508 bits per heavy atom. The van der Waals surface area contributed by atoms with E-state index in [2.05, 4.69) is 13.8 Å². The number of carbonyl (C=O) groups is 4. The van der Waals surface area contributed by atoms with E-state index in [9.17, 15) is 19.2 Å². The molecule has 3 saturated heterocycles. The monoisotopic (exact) mass is 860 g/mol. The zero-order valence-electron chi connectivity index (χ0n) is 36.8. The van der Waals surface area contributed by atoms with Gasteiger partial charge in [0.2, 0.25) is 0 Å². The van der Waals surface area contributed by atoms with Gasteiger partial charge in [0, 0.05) is 0 Å². The lowest BCUT2D eigenvalue weighted by Crippen LogP contribution is -2.49. The van der Waals surface area contributed by atoms with Crippen LogP contribution in [0, 0.1) is 0 Å². The van der Waals surface area contributed by atoms with Gasteiger partial charge in [-0.25, -0.2) is 19.2 Å². The highest BCUT2D eigenvalue weighted by Crippen LogP contribution is 2.49.